The van der Waals surface area contributed by atoms with Crippen LogP contribution in [0.2, 0.25) is 5.02 Å². The van der Waals surface area contributed by atoms with Crippen LogP contribution in [0.4, 0.5) is 4.39 Å². The van der Waals surface area contributed by atoms with Gasteiger partial charge < -0.3 is 10.1 Å². The molecule has 0 aliphatic heterocycles. The Morgan fingerprint density at radius 3 is 2.96 bits per heavy atom. The maximum atomic E-state index is 13.3. The largest absolute Gasteiger partial charge is 0.484 e. The SMILES string of the molecule is C=C(CCc1cnn(C2CCC2)n1)NC(=O)COc1ccc(Cl)c(F)c1. The third-order valence-electron chi connectivity index (χ3n) is 4.22. The van der Waals surface area contributed by atoms with E-state index in [0.29, 0.717) is 24.6 Å². The van der Waals surface area contributed by atoms with E-state index in [2.05, 4.69) is 22.1 Å². The molecule has 138 valence electrons. The first-order chi connectivity index (χ1) is 12.5. The fraction of sp³-hybridized carbons (Fsp3) is 0.389. The van der Waals surface area contributed by atoms with Crippen molar-refractivity contribution in [1.82, 2.24) is 20.3 Å². The van der Waals surface area contributed by atoms with Gasteiger partial charge in [0.2, 0.25) is 0 Å². The van der Waals surface area contributed by atoms with Crippen molar-refractivity contribution in [3.63, 3.8) is 0 Å². The predicted octanol–water partition coefficient (Wildman–Crippen LogP) is 3.44. The van der Waals surface area contributed by atoms with Gasteiger partial charge in [0.05, 0.1) is 23.0 Å². The zero-order valence-electron chi connectivity index (χ0n) is 14.3. The van der Waals surface area contributed by atoms with Crippen molar-refractivity contribution in [3.8, 4) is 5.75 Å². The van der Waals surface area contributed by atoms with Crippen LogP contribution in [0.25, 0.3) is 0 Å². The molecular weight excluding hydrogens is 359 g/mol. The molecule has 0 atom stereocenters. The van der Waals surface area contributed by atoms with Crippen LogP contribution >= 0.6 is 11.6 Å². The van der Waals surface area contributed by atoms with Crippen molar-refractivity contribution in [2.24, 2.45) is 0 Å². The minimum atomic E-state index is -0.594. The summed E-state index contributed by atoms with van der Waals surface area (Å²) in [5.74, 6) is -0.715. The van der Waals surface area contributed by atoms with Gasteiger partial charge in [-0.1, -0.05) is 18.2 Å². The van der Waals surface area contributed by atoms with Crippen LogP contribution in [-0.4, -0.2) is 27.5 Å². The van der Waals surface area contributed by atoms with Gasteiger partial charge >= 0.3 is 0 Å². The molecular formula is C18H20ClFN4O2. The van der Waals surface area contributed by atoms with E-state index >= 15 is 0 Å². The van der Waals surface area contributed by atoms with E-state index in [1.165, 1.54) is 18.6 Å². The van der Waals surface area contributed by atoms with E-state index in [9.17, 15) is 9.18 Å². The average molecular weight is 379 g/mol. The van der Waals surface area contributed by atoms with Crippen molar-refractivity contribution in [3.05, 3.63) is 53.2 Å². The Balaban J connectivity index is 1.39. The van der Waals surface area contributed by atoms with Gasteiger partial charge in [0, 0.05) is 11.8 Å². The number of carbonyl (C=O) groups is 1. The lowest BCUT2D eigenvalue weighted by atomic mass is 9.94. The third kappa shape index (κ3) is 4.82. The van der Waals surface area contributed by atoms with Gasteiger partial charge in [0.15, 0.2) is 6.61 Å². The Morgan fingerprint density at radius 2 is 2.27 bits per heavy atom. The van der Waals surface area contributed by atoms with E-state index < -0.39 is 5.82 Å². The maximum Gasteiger partial charge on any atom is 0.262 e. The van der Waals surface area contributed by atoms with Crippen molar-refractivity contribution in [2.45, 2.75) is 38.1 Å². The summed E-state index contributed by atoms with van der Waals surface area (Å²) in [6, 6.07) is 4.44. The van der Waals surface area contributed by atoms with Gasteiger partial charge in [-0.2, -0.15) is 15.0 Å². The topological polar surface area (TPSA) is 69.0 Å². The number of nitrogens with zero attached hydrogens (tertiary/aromatic N) is 3. The Labute approximate surface area is 156 Å². The Kier molecular flexibility index (Phi) is 5.88. The summed E-state index contributed by atoms with van der Waals surface area (Å²) in [4.78, 5) is 13.7. The average Bonchev–Trinajstić information content (AvgIpc) is 3.01. The molecule has 1 aromatic carbocycles. The van der Waals surface area contributed by atoms with Crippen LogP contribution in [0.1, 0.15) is 37.4 Å². The molecule has 0 spiro atoms. The van der Waals surface area contributed by atoms with Gasteiger partial charge in [-0.25, -0.2) is 4.39 Å². The molecule has 2 aromatic rings. The molecule has 1 fully saturated rings. The number of aromatic nitrogens is 3. The van der Waals surface area contributed by atoms with Gasteiger partial charge in [-0.05, 0) is 44.2 Å². The molecule has 3 rings (SSSR count). The number of nitrogens with one attached hydrogen (secondary N) is 1. The zero-order valence-corrected chi connectivity index (χ0v) is 15.0. The smallest absolute Gasteiger partial charge is 0.262 e. The van der Waals surface area contributed by atoms with Crippen LogP contribution in [0.15, 0.2) is 36.7 Å². The number of ether oxygens (including phenoxy) is 1. The lowest BCUT2D eigenvalue weighted by Crippen LogP contribution is -2.28. The van der Waals surface area contributed by atoms with Crippen molar-refractivity contribution in [2.75, 3.05) is 6.61 Å². The molecule has 0 saturated heterocycles. The summed E-state index contributed by atoms with van der Waals surface area (Å²) < 4.78 is 18.6. The normalized spacial score (nSPS) is 13.9. The van der Waals surface area contributed by atoms with Crippen molar-refractivity contribution < 1.29 is 13.9 Å². The summed E-state index contributed by atoms with van der Waals surface area (Å²) in [5, 5.41) is 11.4. The first-order valence-corrected chi connectivity index (χ1v) is 8.85. The number of allylic oxidation sites excluding steroid dienone is 1. The number of benzene rings is 1. The van der Waals surface area contributed by atoms with Gasteiger partial charge in [0.25, 0.3) is 5.91 Å². The molecule has 6 nitrogen and oxygen atoms in total. The number of hydrogen-bond acceptors (Lipinski definition) is 4. The van der Waals surface area contributed by atoms with E-state index in [1.54, 1.807) is 11.0 Å². The monoisotopic (exact) mass is 378 g/mol. The first kappa shape index (κ1) is 18.4. The summed E-state index contributed by atoms with van der Waals surface area (Å²) in [5.41, 5.74) is 1.44. The van der Waals surface area contributed by atoms with Crippen molar-refractivity contribution in [1.29, 1.82) is 0 Å². The van der Waals surface area contributed by atoms with E-state index in [-0.39, 0.29) is 23.3 Å². The third-order valence-corrected chi connectivity index (χ3v) is 4.52. The first-order valence-electron chi connectivity index (χ1n) is 8.47. The summed E-state index contributed by atoms with van der Waals surface area (Å²) in [6.07, 6.45) is 6.46. The molecule has 1 aliphatic carbocycles. The molecule has 1 aromatic heterocycles. The van der Waals surface area contributed by atoms with Crippen molar-refractivity contribution >= 4 is 17.5 Å². The van der Waals surface area contributed by atoms with Crippen LogP contribution in [0.5, 0.6) is 5.75 Å². The molecule has 0 unspecified atom stereocenters. The lowest BCUT2D eigenvalue weighted by Gasteiger charge is -2.23. The second-order valence-electron chi connectivity index (χ2n) is 6.26. The van der Waals surface area contributed by atoms with E-state index in [1.807, 2.05) is 0 Å². The minimum Gasteiger partial charge on any atom is -0.484 e. The Bertz CT molecular complexity index is 804. The fourth-order valence-electron chi connectivity index (χ4n) is 2.51. The van der Waals surface area contributed by atoms with Gasteiger partial charge in [-0.3, -0.25) is 4.79 Å². The molecule has 0 radical (unpaired) electrons. The molecule has 0 bridgehead atoms. The second kappa shape index (κ2) is 8.31. The standard InChI is InChI=1S/C18H20ClFN4O2/c1-12(5-6-13-10-21-24(23-13)14-3-2-4-14)22-18(25)11-26-15-7-8-16(19)17(20)9-15/h7-10,14H,1-6,11H2,(H,22,25). The van der Waals surface area contributed by atoms with Crippen LogP contribution in [-0.2, 0) is 11.2 Å². The van der Waals surface area contributed by atoms with E-state index in [0.717, 1.165) is 24.6 Å². The summed E-state index contributed by atoms with van der Waals surface area (Å²) >= 11 is 5.60. The van der Waals surface area contributed by atoms with Crippen LogP contribution in [0.3, 0.4) is 0 Å². The number of carbonyl (C=O) groups excluding carboxylic acids is 1. The highest BCUT2D eigenvalue weighted by molar-refractivity contribution is 6.30. The molecule has 1 heterocycles. The Hall–Kier alpha value is -2.41. The number of amides is 1. The van der Waals surface area contributed by atoms with Gasteiger partial charge in [-0.15, -0.1) is 0 Å². The zero-order chi connectivity index (χ0) is 18.5. The molecule has 1 N–H and O–H groups in total. The van der Waals surface area contributed by atoms with Crippen LogP contribution < -0.4 is 10.1 Å². The highest BCUT2D eigenvalue weighted by Gasteiger charge is 2.21. The number of rotatable bonds is 8. The molecule has 1 saturated carbocycles. The number of hydrogen-bond donors (Lipinski definition) is 1. The van der Waals surface area contributed by atoms with E-state index in [4.69, 9.17) is 16.3 Å². The second-order valence-corrected chi connectivity index (χ2v) is 6.66. The van der Waals surface area contributed by atoms with Crippen LogP contribution in [0, 0.1) is 5.82 Å². The summed E-state index contributed by atoms with van der Waals surface area (Å²) in [6.45, 7) is 3.60. The van der Waals surface area contributed by atoms with Gasteiger partial charge in [0.1, 0.15) is 11.6 Å². The maximum absolute atomic E-state index is 13.3. The highest BCUT2D eigenvalue weighted by Crippen LogP contribution is 2.29. The molecule has 1 amide bonds. The quantitative estimate of drug-likeness (QED) is 0.764. The predicted molar refractivity (Wildman–Crippen MR) is 95.4 cm³/mol. The Morgan fingerprint density at radius 1 is 1.46 bits per heavy atom. The fourth-order valence-corrected chi connectivity index (χ4v) is 2.62. The molecule has 1 aliphatic rings. The lowest BCUT2D eigenvalue weighted by molar-refractivity contribution is -0.122. The highest BCUT2D eigenvalue weighted by atomic mass is 35.5. The molecule has 26 heavy (non-hydrogen) atoms. The summed E-state index contributed by atoms with van der Waals surface area (Å²) in [7, 11) is 0. The molecule has 8 heteroatoms. The number of halogens is 2. The number of aryl methyl sites for hydroxylation is 1. The minimum absolute atomic E-state index is 0.00409.